The first kappa shape index (κ1) is 13.8. The van der Waals surface area contributed by atoms with E-state index in [1.165, 1.54) is 13.2 Å². The van der Waals surface area contributed by atoms with Crippen molar-refractivity contribution in [1.29, 1.82) is 0 Å². The van der Waals surface area contributed by atoms with Gasteiger partial charge in [0.25, 0.3) is 0 Å². The molecule has 1 aliphatic rings. The molecule has 2 atom stereocenters. The van der Waals surface area contributed by atoms with Crippen molar-refractivity contribution in [2.45, 2.75) is 37.8 Å². The average Bonchev–Trinajstić information content (AvgIpc) is 2.76. The molecule has 104 valence electrons. The molecule has 0 spiro atoms. The van der Waals surface area contributed by atoms with Crippen molar-refractivity contribution in [2.75, 3.05) is 7.11 Å². The zero-order valence-electron chi connectivity index (χ0n) is 11.1. The maximum atomic E-state index is 13.2. The minimum atomic E-state index is -0.964. The summed E-state index contributed by atoms with van der Waals surface area (Å²) >= 11 is 0. The second-order valence-electron chi connectivity index (χ2n) is 5.04. The van der Waals surface area contributed by atoms with E-state index in [0.717, 1.165) is 0 Å². The molecule has 1 saturated carbocycles. The van der Waals surface area contributed by atoms with Crippen LogP contribution >= 0.6 is 0 Å². The summed E-state index contributed by atoms with van der Waals surface area (Å²) in [6.45, 7) is 1.68. The van der Waals surface area contributed by atoms with Crippen molar-refractivity contribution < 1.29 is 18.7 Å². The average molecular weight is 267 g/mol. The summed E-state index contributed by atoms with van der Waals surface area (Å²) in [6, 6.07) is 4.59. The molecule has 2 unspecified atom stereocenters. The Balaban J connectivity index is 2.02. The lowest BCUT2D eigenvalue weighted by molar-refractivity contribution is -0.147. The fourth-order valence-electron chi connectivity index (χ4n) is 2.40. The molecule has 0 aliphatic heterocycles. The largest absolute Gasteiger partial charge is 0.490 e. The molecule has 0 saturated heterocycles. The lowest BCUT2D eigenvalue weighted by atomic mass is 10.00. The molecule has 2 N–H and O–H groups in total. The van der Waals surface area contributed by atoms with E-state index >= 15 is 0 Å². The topological polar surface area (TPSA) is 61.5 Å². The van der Waals surface area contributed by atoms with Crippen molar-refractivity contribution in [3.63, 3.8) is 0 Å². The zero-order valence-corrected chi connectivity index (χ0v) is 11.1. The van der Waals surface area contributed by atoms with E-state index < -0.39 is 11.5 Å². The Morgan fingerprint density at radius 1 is 1.53 bits per heavy atom. The number of nitrogens with two attached hydrogens (primary N) is 1. The Morgan fingerprint density at radius 3 is 2.89 bits per heavy atom. The molecule has 0 heterocycles. The smallest absolute Gasteiger partial charge is 0.325 e. The highest BCUT2D eigenvalue weighted by Crippen LogP contribution is 2.32. The van der Waals surface area contributed by atoms with Crippen molar-refractivity contribution in [3.8, 4) is 5.75 Å². The summed E-state index contributed by atoms with van der Waals surface area (Å²) in [4.78, 5) is 11.6. The number of hydrogen-bond donors (Lipinski definition) is 1. The Hall–Kier alpha value is -1.62. The molecule has 5 heteroatoms. The minimum absolute atomic E-state index is 0.144. The number of carbonyl (C=O) groups excluding carboxylic acids is 1. The van der Waals surface area contributed by atoms with Gasteiger partial charge in [-0.3, -0.25) is 4.79 Å². The fourth-order valence-corrected chi connectivity index (χ4v) is 2.40. The third-order valence-electron chi connectivity index (χ3n) is 3.53. The third kappa shape index (κ3) is 2.87. The van der Waals surface area contributed by atoms with Gasteiger partial charge in [-0.25, -0.2) is 4.39 Å². The number of hydrogen-bond acceptors (Lipinski definition) is 4. The number of rotatable bonds is 3. The predicted molar refractivity (Wildman–Crippen MR) is 68.3 cm³/mol. The molecule has 1 aliphatic carbocycles. The molecule has 2 rings (SSSR count). The molecule has 19 heavy (non-hydrogen) atoms. The molecule has 0 amide bonds. The van der Waals surface area contributed by atoms with Crippen LogP contribution in [0, 0.1) is 12.7 Å². The number of carbonyl (C=O) groups is 1. The second-order valence-corrected chi connectivity index (χ2v) is 5.04. The van der Waals surface area contributed by atoms with Gasteiger partial charge >= 0.3 is 5.97 Å². The van der Waals surface area contributed by atoms with Gasteiger partial charge in [-0.05, 0) is 43.5 Å². The highest BCUT2D eigenvalue weighted by molar-refractivity contribution is 5.80. The highest BCUT2D eigenvalue weighted by Gasteiger charge is 2.44. The standard InChI is InChI=1S/C14H18FNO3/c1-9-7-10(3-4-12(9)15)19-11-5-6-14(16,8-11)13(17)18-2/h3-4,7,11H,5-6,8,16H2,1-2H3. The van der Waals surface area contributed by atoms with Crippen LogP contribution in [0.2, 0.25) is 0 Å². The molecule has 4 nitrogen and oxygen atoms in total. The number of esters is 1. The number of ether oxygens (including phenoxy) is 2. The summed E-state index contributed by atoms with van der Waals surface area (Å²) in [6.07, 6.45) is 1.48. The van der Waals surface area contributed by atoms with E-state index in [4.69, 9.17) is 15.2 Å². The number of methoxy groups -OCH3 is 1. The Bertz CT molecular complexity index is 492. The van der Waals surface area contributed by atoms with E-state index in [1.54, 1.807) is 19.1 Å². The SMILES string of the molecule is COC(=O)C1(N)CCC(Oc2ccc(F)c(C)c2)C1. The molecule has 0 aromatic heterocycles. The van der Waals surface area contributed by atoms with Gasteiger partial charge in [-0.2, -0.15) is 0 Å². The lowest BCUT2D eigenvalue weighted by Gasteiger charge is -2.21. The molecular formula is C14H18FNO3. The fraction of sp³-hybridized carbons (Fsp3) is 0.500. The van der Waals surface area contributed by atoms with Crippen LogP contribution in [-0.4, -0.2) is 24.7 Å². The predicted octanol–water partition coefficient (Wildman–Crippen LogP) is 1.94. The maximum absolute atomic E-state index is 13.2. The maximum Gasteiger partial charge on any atom is 0.325 e. The van der Waals surface area contributed by atoms with Crippen LogP contribution in [0.1, 0.15) is 24.8 Å². The summed E-state index contributed by atoms with van der Waals surface area (Å²) in [5.41, 5.74) is 5.56. The molecular weight excluding hydrogens is 249 g/mol. The Kier molecular flexibility index (Phi) is 3.75. The van der Waals surface area contributed by atoms with E-state index in [0.29, 0.717) is 30.6 Å². The van der Waals surface area contributed by atoms with Crippen LogP contribution in [0.5, 0.6) is 5.75 Å². The summed E-state index contributed by atoms with van der Waals surface area (Å²) in [5, 5.41) is 0. The van der Waals surface area contributed by atoms with Crippen molar-refractivity contribution >= 4 is 5.97 Å². The minimum Gasteiger partial charge on any atom is -0.490 e. The van der Waals surface area contributed by atoms with Crippen LogP contribution in [0.4, 0.5) is 4.39 Å². The summed E-state index contributed by atoms with van der Waals surface area (Å²) in [7, 11) is 1.33. The third-order valence-corrected chi connectivity index (χ3v) is 3.53. The quantitative estimate of drug-likeness (QED) is 0.850. The van der Waals surface area contributed by atoms with E-state index in [1.807, 2.05) is 0 Å². The lowest BCUT2D eigenvalue weighted by Crippen LogP contribution is -2.47. The molecule has 0 radical (unpaired) electrons. The van der Waals surface area contributed by atoms with Gasteiger partial charge < -0.3 is 15.2 Å². The monoisotopic (exact) mass is 267 g/mol. The van der Waals surface area contributed by atoms with Gasteiger partial charge in [0.2, 0.25) is 0 Å². The Morgan fingerprint density at radius 2 is 2.26 bits per heavy atom. The zero-order chi connectivity index (χ0) is 14.0. The van der Waals surface area contributed by atoms with Crippen molar-refractivity contribution in [2.24, 2.45) is 5.73 Å². The first-order valence-corrected chi connectivity index (χ1v) is 6.25. The number of benzene rings is 1. The van der Waals surface area contributed by atoms with E-state index in [2.05, 4.69) is 0 Å². The molecule has 1 fully saturated rings. The van der Waals surface area contributed by atoms with Gasteiger partial charge in [0, 0.05) is 6.42 Å². The van der Waals surface area contributed by atoms with Gasteiger partial charge in [-0.15, -0.1) is 0 Å². The van der Waals surface area contributed by atoms with Crippen molar-refractivity contribution in [1.82, 2.24) is 0 Å². The first-order chi connectivity index (χ1) is 8.94. The van der Waals surface area contributed by atoms with Crippen LogP contribution < -0.4 is 10.5 Å². The van der Waals surface area contributed by atoms with Gasteiger partial charge in [0.1, 0.15) is 23.2 Å². The second kappa shape index (κ2) is 5.17. The van der Waals surface area contributed by atoms with E-state index in [-0.39, 0.29) is 11.9 Å². The van der Waals surface area contributed by atoms with Crippen LogP contribution in [-0.2, 0) is 9.53 Å². The van der Waals surface area contributed by atoms with Gasteiger partial charge in [0.15, 0.2) is 0 Å². The van der Waals surface area contributed by atoms with Crippen molar-refractivity contribution in [3.05, 3.63) is 29.6 Å². The normalized spacial score (nSPS) is 26.2. The van der Waals surface area contributed by atoms with Crippen LogP contribution in [0.25, 0.3) is 0 Å². The number of aryl methyl sites for hydroxylation is 1. The van der Waals surface area contributed by atoms with E-state index in [9.17, 15) is 9.18 Å². The number of halogens is 1. The van der Waals surface area contributed by atoms with Crippen LogP contribution in [0.3, 0.4) is 0 Å². The van der Waals surface area contributed by atoms with Gasteiger partial charge in [-0.1, -0.05) is 0 Å². The molecule has 1 aromatic rings. The molecule has 1 aromatic carbocycles. The van der Waals surface area contributed by atoms with Gasteiger partial charge in [0.05, 0.1) is 7.11 Å². The first-order valence-electron chi connectivity index (χ1n) is 6.25. The Labute approximate surface area is 111 Å². The molecule has 0 bridgehead atoms. The van der Waals surface area contributed by atoms with Crippen LogP contribution in [0.15, 0.2) is 18.2 Å². The summed E-state index contributed by atoms with van der Waals surface area (Å²) in [5.74, 6) is -0.0755. The summed E-state index contributed by atoms with van der Waals surface area (Å²) < 4.78 is 23.6. The highest BCUT2D eigenvalue weighted by atomic mass is 19.1.